The van der Waals surface area contributed by atoms with Gasteiger partial charge in [-0.1, -0.05) is 59.7 Å². The van der Waals surface area contributed by atoms with E-state index in [2.05, 4.69) is 41.5 Å². The predicted molar refractivity (Wildman–Crippen MR) is 96.6 cm³/mol. The molecule has 1 atom stereocenters. The summed E-state index contributed by atoms with van der Waals surface area (Å²) >= 11 is 0. The Morgan fingerprint density at radius 1 is 0.783 bits per heavy atom. The van der Waals surface area contributed by atoms with Gasteiger partial charge in [-0.05, 0) is 35.1 Å². The number of hydrogen-bond acceptors (Lipinski definition) is 2. The smallest absolute Gasteiger partial charge is 0.123 e. The molecular formula is C20H26O2S. The van der Waals surface area contributed by atoms with Crippen molar-refractivity contribution in [2.75, 3.05) is 0 Å². The molecule has 0 aromatic heterocycles. The van der Waals surface area contributed by atoms with Crippen LogP contribution in [0, 0.1) is 0 Å². The summed E-state index contributed by atoms with van der Waals surface area (Å²) in [4.78, 5) is 1.52. The molecule has 0 bridgehead atoms. The highest BCUT2D eigenvalue weighted by Crippen LogP contribution is 2.40. The fourth-order valence-corrected chi connectivity index (χ4v) is 3.66. The minimum Gasteiger partial charge on any atom is -0.507 e. The van der Waals surface area contributed by atoms with Crippen LogP contribution in [-0.2, 0) is 21.6 Å². The number of rotatable bonds is 2. The molecule has 1 N–H and O–H groups in total. The first kappa shape index (κ1) is 17.7. The maximum absolute atomic E-state index is 12.9. The fraction of sp³-hybridized carbons (Fsp3) is 0.400. The van der Waals surface area contributed by atoms with Crippen molar-refractivity contribution >= 4 is 10.8 Å². The van der Waals surface area contributed by atoms with Crippen molar-refractivity contribution in [3.63, 3.8) is 0 Å². The lowest BCUT2D eigenvalue weighted by molar-refractivity contribution is 0.422. The first-order valence-corrected chi connectivity index (χ1v) is 9.01. The summed E-state index contributed by atoms with van der Waals surface area (Å²) in [7, 11) is -1.26. The number of hydrogen-bond donors (Lipinski definition) is 1. The topological polar surface area (TPSA) is 37.3 Å². The lowest BCUT2D eigenvalue weighted by atomic mass is 9.79. The van der Waals surface area contributed by atoms with E-state index >= 15 is 0 Å². The minimum absolute atomic E-state index is 0.221. The zero-order valence-corrected chi connectivity index (χ0v) is 15.6. The highest BCUT2D eigenvalue weighted by molar-refractivity contribution is 7.85. The molecule has 0 fully saturated rings. The van der Waals surface area contributed by atoms with E-state index in [0.717, 1.165) is 20.9 Å². The van der Waals surface area contributed by atoms with E-state index in [-0.39, 0.29) is 10.8 Å². The van der Waals surface area contributed by atoms with Crippen molar-refractivity contribution in [1.82, 2.24) is 0 Å². The zero-order chi connectivity index (χ0) is 17.4. The van der Waals surface area contributed by atoms with E-state index in [1.807, 2.05) is 42.5 Å². The second-order valence-corrected chi connectivity index (χ2v) is 9.43. The van der Waals surface area contributed by atoms with Gasteiger partial charge in [-0.2, -0.15) is 0 Å². The quantitative estimate of drug-likeness (QED) is 0.826. The van der Waals surface area contributed by atoms with Crippen LogP contribution in [0.25, 0.3) is 0 Å². The Labute approximate surface area is 142 Å². The lowest BCUT2D eigenvalue weighted by Crippen LogP contribution is -2.18. The molecule has 0 amide bonds. The van der Waals surface area contributed by atoms with Gasteiger partial charge < -0.3 is 5.11 Å². The molecule has 2 aromatic rings. The first-order valence-electron chi connectivity index (χ1n) is 7.86. The second kappa shape index (κ2) is 6.12. The maximum atomic E-state index is 12.9. The molecule has 0 aliphatic rings. The molecule has 3 heteroatoms. The molecule has 0 saturated carbocycles. The van der Waals surface area contributed by atoms with Crippen LogP contribution < -0.4 is 0 Å². The third-order valence-electron chi connectivity index (χ3n) is 3.87. The largest absolute Gasteiger partial charge is 0.507 e. The zero-order valence-electron chi connectivity index (χ0n) is 14.8. The van der Waals surface area contributed by atoms with Gasteiger partial charge in [0.15, 0.2) is 0 Å². The molecule has 2 aromatic carbocycles. The lowest BCUT2D eigenvalue weighted by Gasteiger charge is -2.28. The van der Waals surface area contributed by atoms with E-state index < -0.39 is 10.8 Å². The van der Waals surface area contributed by atoms with Crippen molar-refractivity contribution in [2.45, 2.75) is 62.2 Å². The Kier molecular flexibility index (Phi) is 4.72. The van der Waals surface area contributed by atoms with Crippen LogP contribution in [0.4, 0.5) is 0 Å². The monoisotopic (exact) mass is 330 g/mol. The average Bonchev–Trinajstić information content (AvgIpc) is 2.45. The molecule has 0 aliphatic carbocycles. The molecule has 2 nitrogen and oxygen atoms in total. The van der Waals surface area contributed by atoms with Gasteiger partial charge in [-0.3, -0.25) is 0 Å². The van der Waals surface area contributed by atoms with Crippen molar-refractivity contribution in [3.05, 3.63) is 53.6 Å². The standard InChI is InChI=1S/C20H26O2S/c1-19(2,3)16-12-15(13-17(18(16)21)20(4,5)6)23(22)14-10-8-7-9-11-14/h7-13,21H,1-6H3. The van der Waals surface area contributed by atoms with Gasteiger partial charge in [0.05, 0.1) is 10.8 Å². The number of phenols is 1. The van der Waals surface area contributed by atoms with Crippen LogP contribution in [0.2, 0.25) is 0 Å². The van der Waals surface area contributed by atoms with Crippen molar-refractivity contribution in [3.8, 4) is 5.75 Å². The summed E-state index contributed by atoms with van der Waals surface area (Å²) in [6.45, 7) is 12.4. The van der Waals surface area contributed by atoms with E-state index in [0.29, 0.717) is 5.75 Å². The van der Waals surface area contributed by atoms with Gasteiger partial charge in [0.1, 0.15) is 5.75 Å². The Bertz CT molecular complexity index is 685. The van der Waals surface area contributed by atoms with Crippen molar-refractivity contribution in [2.24, 2.45) is 0 Å². The van der Waals surface area contributed by atoms with Crippen LogP contribution in [0.15, 0.2) is 52.3 Å². The van der Waals surface area contributed by atoms with Crippen LogP contribution in [-0.4, -0.2) is 9.32 Å². The molecule has 0 spiro atoms. The van der Waals surface area contributed by atoms with E-state index in [9.17, 15) is 9.32 Å². The third-order valence-corrected chi connectivity index (χ3v) is 5.23. The molecule has 0 aliphatic heterocycles. The molecule has 0 heterocycles. The molecular weight excluding hydrogens is 304 g/mol. The van der Waals surface area contributed by atoms with E-state index in [1.54, 1.807) is 0 Å². The molecule has 124 valence electrons. The Morgan fingerprint density at radius 3 is 1.61 bits per heavy atom. The highest BCUT2D eigenvalue weighted by Gasteiger charge is 2.27. The summed E-state index contributed by atoms with van der Waals surface area (Å²) in [6, 6.07) is 13.2. The van der Waals surface area contributed by atoms with E-state index in [1.165, 1.54) is 0 Å². The summed E-state index contributed by atoms with van der Waals surface area (Å²) < 4.78 is 12.9. The van der Waals surface area contributed by atoms with Gasteiger partial charge in [-0.25, -0.2) is 4.21 Å². The van der Waals surface area contributed by atoms with Crippen LogP contribution in [0.3, 0.4) is 0 Å². The Morgan fingerprint density at radius 2 is 1.22 bits per heavy atom. The Balaban J connectivity index is 2.68. The first-order chi connectivity index (χ1) is 10.5. The summed E-state index contributed by atoms with van der Waals surface area (Å²) in [5.41, 5.74) is 1.23. The van der Waals surface area contributed by atoms with Gasteiger partial charge >= 0.3 is 0 Å². The van der Waals surface area contributed by atoms with Gasteiger partial charge in [-0.15, -0.1) is 0 Å². The minimum atomic E-state index is -1.26. The summed E-state index contributed by atoms with van der Waals surface area (Å²) in [5, 5.41) is 10.7. The third kappa shape index (κ3) is 3.84. The summed E-state index contributed by atoms with van der Waals surface area (Å²) in [6.07, 6.45) is 0. The van der Waals surface area contributed by atoms with Crippen LogP contribution >= 0.6 is 0 Å². The van der Waals surface area contributed by atoms with Gasteiger partial charge in [0.25, 0.3) is 0 Å². The summed E-state index contributed by atoms with van der Waals surface area (Å²) in [5.74, 6) is 0.318. The second-order valence-electron chi connectivity index (χ2n) is 7.95. The fourth-order valence-electron chi connectivity index (χ4n) is 2.54. The predicted octanol–water partition coefficient (Wildman–Crippen LogP) is 5.15. The SMILES string of the molecule is CC(C)(C)c1cc(S(=O)c2ccccc2)cc(C(C)(C)C)c1O. The maximum Gasteiger partial charge on any atom is 0.123 e. The van der Waals surface area contributed by atoms with Crippen molar-refractivity contribution in [1.29, 1.82) is 0 Å². The number of benzene rings is 2. The Hall–Kier alpha value is -1.61. The van der Waals surface area contributed by atoms with Crippen LogP contribution in [0.5, 0.6) is 5.75 Å². The number of aromatic hydroxyl groups is 1. The van der Waals surface area contributed by atoms with Gasteiger partial charge in [0.2, 0.25) is 0 Å². The molecule has 1 unspecified atom stereocenters. The van der Waals surface area contributed by atoms with Crippen LogP contribution in [0.1, 0.15) is 52.7 Å². The molecule has 0 saturated heterocycles. The van der Waals surface area contributed by atoms with Crippen molar-refractivity contribution < 1.29 is 9.32 Å². The van der Waals surface area contributed by atoms with Gasteiger partial charge in [0, 0.05) is 20.9 Å². The molecule has 2 rings (SSSR count). The normalized spacial score (nSPS) is 13.8. The molecule has 23 heavy (non-hydrogen) atoms. The average molecular weight is 330 g/mol. The highest BCUT2D eigenvalue weighted by atomic mass is 32.2. The number of phenolic OH excluding ortho intramolecular Hbond substituents is 1. The van der Waals surface area contributed by atoms with E-state index in [4.69, 9.17) is 0 Å². The molecule has 0 radical (unpaired) electrons.